The number of pyridine rings is 1. The average molecular weight is 346 g/mol. The van der Waals surface area contributed by atoms with Crippen LogP contribution in [0.25, 0.3) is 10.8 Å². The van der Waals surface area contributed by atoms with Crippen molar-refractivity contribution < 1.29 is 9.66 Å². The summed E-state index contributed by atoms with van der Waals surface area (Å²) >= 11 is 0. The fourth-order valence-electron chi connectivity index (χ4n) is 2.95. The zero-order chi connectivity index (χ0) is 18.2. The van der Waals surface area contributed by atoms with Crippen molar-refractivity contribution in [1.82, 2.24) is 9.88 Å². The van der Waals surface area contributed by atoms with Crippen LogP contribution in [0.5, 0.6) is 0 Å². The van der Waals surface area contributed by atoms with Gasteiger partial charge in [-0.1, -0.05) is 13.8 Å². The first-order valence-corrected chi connectivity index (χ1v) is 8.59. The lowest BCUT2D eigenvalue weighted by Crippen LogP contribution is -2.37. The Morgan fingerprint density at radius 1 is 1.12 bits per heavy atom. The number of ether oxygens (including phenoxy) is 1. The summed E-state index contributed by atoms with van der Waals surface area (Å²) in [6.07, 6.45) is 3.24. The second kappa shape index (κ2) is 9.29. The van der Waals surface area contributed by atoms with Gasteiger partial charge in [0, 0.05) is 56.3 Å². The van der Waals surface area contributed by atoms with Gasteiger partial charge < -0.3 is 14.5 Å². The maximum atomic E-state index is 11.3. The third-order valence-electron chi connectivity index (χ3n) is 4.46. The lowest BCUT2D eigenvalue weighted by Gasteiger charge is -2.29. The number of nitro groups is 1. The third-order valence-corrected chi connectivity index (χ3v) is 4.46. The average Bonchev–Trinajstić information content (AvgIpc) is 2.64. The molecule has 7 nitrogen and oxygen atoms in total. The normalized spacial score (nSPS) is 11.2. The van der Waals surface area contributed by atoms with E-state index in [1.807, 2.05) is 12.1 Å². The van der Waals surface area contributed by atoms with E-state index in [1.54, 1.807) is 25.6 Å². The van der Waals surface area contributed by atoms with Crippen LogP contribution in [0.15, 0.2) is 30.6 Å². The molecule has 0 unspecified atom stereocenters. The van der Waals surface area contributed by atoms with E-state index >= 15 is 0 Å². The molecule has 0 saturated heterocycles. The molecule has 0 spiro atoms. The molecule has 0 aliphatic heterocycles. The minimum Gasteiger partial charge on any atom is -0.383 e. The van der Waals surface area contributed by atoms with Crippen LogP contribution in [-0.2, 0) is 4.74 Å². The molecule has 0 radical (unpaired) electrons. The second-order valence-corrected chi connectivity index (χ2v) is 5.79. The predicted octanol–water partition coefficient (Wildman–Crippen LogP) is 2.94. The molecular weight excluding hydrogens is 320 g/mol. The van der Waals surface area contributed by atoms with Crippen molar-refractivity contribution in [1.29, 1.82) is 0 Å². The number of hydrogen-bond donors (Lipinski definition) is 0. The van der Waals surface area contributed by atoms with Gasteiger partial charge in [0.2, 0.25) is 0 Å². The van der Waals surface area contributed by atoms with E-state index in [-0.39, 0.29) is 10.6 Å². The first-order valence-electron chi connectivity index (χ1n) is 8.59. The van der Waals surface area contributed by atoms with Crippen molar-refractivity contribution >= 4 is 22.1 Å². The molecule has 0 bridgehead atoms. The van der Waals surface area contributed by atoms with Gasteiger partial charge in [0.1, 0.15) is 0 Å². The van der Waals surface area contributed by atoms with Crippen LogP contribution in [0, 0.1) is 10.1 Å². The van der Waals surface area contributed by atoms with Crippen LogP contribution >= 0.6 is 0 Å². The highest BCUT2D eigenvalue weighted by molar-refractivity contribution is 5.99. The molecule has 136 valence electrons. The molecule has 0 N–H and O–H groups in total. The van der Waals surface area contributed by atoms with Crippen molar-refractivity contribution in [2.45, 2.75) is 13.8 Å². The zero-order valence-electron chi connectivity index (χ0n) is 15.1. The monoisotopic (exact) mass is 346 g/mol. The van der Waals surface area contributed by atoms with E-state index in [9.17, 15) is 10.1 Å². The number of anilines is 1. The second-order valence-electron chi connectivity index (χ2n) is 5.79. The molecule has 1 aromatic carbocycles. The lowest BCUT2D eigenvalue weighted by molar-refractivity contribution is -0.383. The highest BCUT2D eigenvalue weighted by Gasteiger charge is 2.18. The summed E-state index contributed by atoms with van der Waals surface area (Å²) in [5, 5.41) is 12.7. The Balaban J connectivity index is 2.39. The number of nitro benzene ring substituents is 1. The predicted molar refractivity (Wildman–Crippen MR) is 100 cm³/mol. The van der Waals surface area contributed by atoms with Gasteiger partial charge in [-0.2, -0.15) is 0 Å². The molecule has 0 atom stereocenters. The number of rotatable bonds is 10. The first kappa shape index (κ1) is 19.1. The SMILES string of the molecule is CCN(CC)CCN(CCOC)c1ccc([N+](=O)[O-])c2cnccc12. The largest absolute Gasteiger partial charge is 0.383 e. The van der Waals surface area contributed by atoms with Gasteiger partial charge in [0.15, 0.2) is 0 Å². The van der Waals surface area contributed by atoms with E-state index in [4.69, 9.17) is 4.74 Å². The van der Waals surface area contributed by atoms with E-state index < -0.39 is 0 Å². The summed E-state index contributed by atoms with van der Waals surface area (Å²) in [5.41, 5.74) is 1.06. The minimum atomic E-state index is -0.358. The van der Waals surface area contributed by atoms with Gasteiger partial charge in [-0.3, -0.25) is 15.1 Å². The Morgan fingerprint density at radius 2 is 1.88 bits per heavy atom. The number of non-ortho nitro benzene ring substituents is 1. The Bertz CT molecular complexity index is 704. The summed E-state index contributed by atoms with van der Waals surface area (Å²) in [4.78, 5) is 19.6. The third kappa shape index (κ3) is 4.64. The molecule has 0 fully saturated rings. The van der Waals surface area contributed by atoms with Crippen LogP contribution in [0.1, 0.15) is 13.8 Å². The molecular formula is C18H26N4O3. The van der Waals surface area contributed by atoms with Crippen molar-refractivity contribution in [3.63, 3.8) is 0 Å². The van der Waals surface area contributed by atoms with Crippen LogP contribution < -0.4 is 4.90 Å². The quantitative estimate of drug-likeness (QED) is 0.486. The van der Waals surface area contributed by atoms with Gasteiger partial charge in [-0.25, -0.2) is 0 Å². The number of benzene rings is 1. The number of likely N-dealkylation sites (N-methyl/N-ethyl adjacent to an activating group) is 1. The topological polar surface area (TPSA) is 71.7 Å². The highest BCUT2D eigenvalue weighted by atomic mass is 16.6. The molecule has 1 heterocycles. The Kier molecular flexibility index (Phi) is 7.09. The fraction of sp³-hybridized carbons (Fsp3) is 0.500. The Morgan fingerprint density at radius 3 is 2.52 bits per heavy atom. The van der Waals surface area contributed by atoms with E-state index in [2.05, 4.69) is 28.6 Å². The van der Waals surface area contributed by atoms with Crippen LogP contribution in [0.4, 0.5) is 11.4 Å². The van der Waals surface area contributed by atoms with Gasteiger partial charge in [0.05, 0.1) is 16.9 Å². The van der Waals surface area contributed by atoms with Crippen molar-refractivity contribution in [2.75, 3.05) is 51.3 Å². The maximum Gasteiger partial charge on any atom is 0.278 e. The smallest absolute Gasteiger partial charge is 0.278 e. The number of aromatic nitrogens is 1. The fourth-order valence-corrected chi connectivity index (χ4v) is 2.95. The van der Waals surface area contributed by atoms with E-state index in [1.165, 1.54) is 0 Å². The van der Waals surface area contributed by atoms with Gasteiger partial charge in [-0.05, 0) is 25.2 Å². The summed E-state index contributed by atoms with van der Waals surface area (Å²) in [6.45, 7) is 9.39. The highest BCUT2D eigenvalue weighted by Crippen LogP contribution is 2.32. The minimum absolute atomic E-state index is 0.0854. The lowest BCUT2D eigenvalue weighted by atomic mass is 10.1. The molecule has 2 rings (SSSR count). The standard InChI is InChI=1S/C18H26N4O3/c1-4-20(5-2)10-11-21(12-13-25-3)17-6-7-18(22(23)24)16-14-19-9-8-15(16)17/h6-9,14H,4-5,10-13H2,1-3H3. The molecule has 0 aliphatic rings. The van der Waals surface area contributed by atoms with Gasteiger partial charge in [-0.15, -0.1) is 0 Å². The zero-order valence-corrected chi connectivity index (χ0v) is 15.1. The van der Waals surface area contributed by atoms with Crippen LogP contribution in [0.2, 0.25) is 0 Å². The van der Waals surface area contributed by atoms with Crippen LogP contribution in [-0.4, -0.2) is 61.2 Å². The molecule has 2 aromatic rings. The van der Waals surface area contributed by atoms with E-state index in [0.717, 1.165) is 43.8 Å². The Labute approximate surface area is 148 Å². The molecule has 0 aliphatic carbocycles. The maximum absolute atomic E-state index is 11.3. The van der Waals surface area contributed by atoms with Crippen LogP contribution in [0.3, 0.4) is 0 Å². The summed E-state index contributed by atoms with van der Waals surface area (Å²) in [5.74, 6) is 0. The number of nitrogens with zero attached hydrogens (tertiary/aromatic N) is 4. The first-order chi connectivity index (χ1) is 12.1. The molecule has 1 aromatic heterocycles. The summed E-state index contributed by atoms with van der Waals surface area (Å²) < 4.78 is 5.25. The number of methoxy groups -OCH3 is 1. The van der Waals surface area contributed by atoms with Crippen molar-refractivity contribution in [2.24, 2.45) is 0 Å². The van der Waals surface area contributed by atoms with Gasteiger partial charge >= 0.3 is 0 Å². The van der Waals surface area contributed by atoms with Gasteiger partial charge in [0.25, 0.3) is 5.69 Å². The van der Waals surface area contributed by atoms with E-state index in [0.29, 0.717) is 12.0 Å². The number of fused-ring (bicyclic) bond motifs is 1. The van der Waals surface area contributed by atoms with Crippen molar-refractivity contribution in [3.05, 3.63) is 40.7 Å². The summed E-state index contributed by atoms with van der Waals surface area (Å²) in [6, 6.07) is 5.24. The Hall–Kier alpha value is -2.25. The molecule has 7 heteroatoms. The van der Waals surface area contributed by atoms with Crippen molar-refractivity contribution in [3.8, 4) is 0 Å². The number of hydrogen-bond acceptors (Lipinski definition) is 6. The summed E-state index contributed by atoms with van der Waals surface area (Å²) in [7, 11) is 1.68. The molecule has 0 saturated carbocycles. The molecule has 25 heavy (non-hydrogen) atoms. The molecule has 0 amide bonds.